The molecule has 128 valence electrons. The second-order valence-electron chi connectivity index (χ2n) is 5.80. The Hall–Kier alpha value is -1.61. The van der Waals surface area contributed by atoms with Gasteiger partial charge in [-0.2, -0.15) is 26.7 Å². The molecule has 0 aromatic heterocycles. The highest BCUT2D eigenvalue weighted by Crippen LogP contribution is 2.44. The molecule has 0 amide bonds. The Labute approximate surface area is 132 Å². The molecule has 1 N–H and O–H groups in total. The zero-order valence-electron chi connectivity index (χ0n) is 12.8. The van der Waals surface area contributed by atoms with Gasteiger partial charge in [0.25, 0.3) is 15.7 Å². The standard InChI is InChI=1S/C14H17F3N2O3S/c1-9(2)12-8-13(20,14(15,16)17)19(18-12)23(21,22)11-6-4-10(3)5-7-11/h4-7,9,20H,8H2,1-3H3/t13-/m1/s1. The Bertz CT molecular complexity index is 727. The van der Waals surface area contributed by atoms with Gasteiger partial charge in [0.2, 0.25) is 0 Å². The molecule has 1 heterocycles. The van der Waals surface area contributed by atoms with E-state index in [0.29, 0.717) is 0 Å². The monoisotopic (exact) mass is 350 g/mol. The molecule has 5 nitrogen and oxygen atoms in total. The van der Waals surface area contributed by atoms with Crippen molar-refractivity contribution in [1.29, 1.82) is 0 Å². The molecule has 1 aromatic carbocycles. The molecule has 0 bridgehead atoms. The van der Waals surface area contributed by atoms with E-state index in [4.69, 9.17) is 0 Å². The Kier molecular flexibility index (Phi) is 4.23. The largest absolute Gasteiger partial charge is 0.439 e. The maximum absolute atomic E-state index is 13.3. The number of hydrazone groups is 1. The molecule has 0 aliphatic carbocycles. The first-order valence-corrected chi connectivity index (χ1v) is 8.32. The van der Waals surface area contributed by atoms with Gasteiger partial charge in [0.05, 0.1) is 4.90 Å². The van der Waals surface area contributed by atoms with Gasteiger partial charge in [-0.05, 0) is 25.0 Å². The molecule has 1 aromatic rings. The van der Waals surface area contributed by atoms with Crippen LogP contribution in [0.3, 0.4) is 0 Å². The minimum atomic E-state index is -5.18. The molecule has 1 atom stereocenters. The number of aryl methyl sites for hydroxylation is 1. The van der Waals surface area contributed by atoms with E-state index in [0.717, 1.165) is 5.56 Å². The SMILES string of the molecule is Cc1ccc(S(=O)(=O)N2N=C(C(C)C)C[C@@]2(O)C(F)(F)F)cc1. The van der Waals surface area contributed by atoms with Gasteiger partial charge < -0.3 is 5.11 Å². The molecule has 1 aliphatic heterocycles. The predicted octanol–water partition coefficient (Wildman–Crippen LogP) is 2.65. The average Bonchev–Trinajstić information content (AvgIpc) is 2.79. The molecule has 0 unspecified atom stereocenters. The van der Waals surface area contributed by atoms with Gasteiger partial charge in [0.15, 0.2) is 0 Å². The molecule has 0 radical (unpaired) electrons. The lowest BCUT2D eigenvalue weighted by molar-refractivity contribution is -0.291. The Morgan fingerprint density at radius 2 is 1.78 bits per heavy atom. The van der Waals surface area contributed by atoms with Gasteiger partial charge in [-0.25, -0.2) is 0 Å². The fourth-order valence-corrected chi connectivity index (χ4v) is 3.60. The summed E-state index contributed by atoms with van der Waals surface area (Å²) in [6.45, 7) is 4.88. The fraction of sp³-hybridized carbons (Fsp3) is 0.500. The molecular weight excluding hydrogens is 333 g/mol. The van der Waals surface area contributed by atoms with Crippen LogP contribution in [0.15, 0.2) is 34.3 Å². The van der Waals surface area contributed by atoms with Crippen LogP contribution in [0, 0.1) is 12.8 Å². The van der Waals surface area contributed by atoms with E-state index in [1.54, 1.807) is 20.8 Å². The highest BCUT2D eigenvalue weighted by molar-refractivity contribution is 7.89. The first kappa shape index (κ1) is 17.7. The van der Waals surface area contributed by atoms with E-state index in [1.165, 1.54) is 24.3 Å². The number of nitrogens with zero attached hydrogens (tertiary/aromatic N) is 2. The van der Waals surface area contributed by atoms with Crippen molar-refractivity contribution in [2.45, 2.75) is 44.0 Å². The lowest BCUT2D eigenvalue weighted by Crippen LogP contribution is -2.56. The van der Waals surface area contributed by atoms with Gasteiger partial charge in [0, 0.05) is 12.1 Å². The van der Waals surface area contributed by atoms with Gasteiger partial charge in [-0.15, -0.1) is 4.41 Å². The van der Waals surface area contributed by atoms with Crippen molar-refractivity contribution in [3.63, 3.8) is 0 Å². The third kappa shape index (κ3) is 2.94. The maximum atomic E-state index is 13.3. The van der Waals surface area contributed by atoms with Crippen LogP contribution in [0.4, 0.5) is 13.2 Å². The van der Waals surface area contributed by atoms with Gasteiger partial charge in [0.1, 0.15) is 0 Å². The lowest BCUT2D eigenvalue weighted by Gasteiger charge is -2.33. The zero-order valence-corrected chi connectivity index (χ0v) is 13.6. The second kappa shape index (κ2) is 5.48. The van der Waals surface area contributed by atoms with Crippen molar-refractivity contribution < 1.29 is 26.7 Å². The molecule has 9 heteroatoms. The molecule has 23 heavy (non-hydrogen) atoms. The van der Waals surface area contributed by atoms with E-state index < -0.39 is 34.3 Å². The third-order valence-electron chi connectivity index (χ3n) is 3.63. The van der Waals surface area contributed by atoms with E-state index in [-0.39, 0.29) is 15.0 Å². The van der Waals surface area contributed by atoms with Gasteiger partial charge >= 0.3 is 6.18 Å². The number of hydrogen-bond donors (Lipinski definition) is 1. The molecule has 1 aliphatic rings. The molecule has 2 rings (SSSR count). The van der Waals surface area contributed by atoms with Gasteiger partial charge in [-0.1, -0.05) is 31.5 Å². The molecule has 0 saturated heterocycles. The summed E-state index contributed by atoms with van der Waals surface area (Å²) < 4.78 is 64.8. The highest BCUT2D eigenvalue weighted by atomic mass is 32.2. The third-order valence-corrected chi connectivity index (χ3v) is 5.34. The number of hydrogen-bond acceptors (Lipinski definition) is 4. The van der Waals surface area contributed by atoms with E-state index in [1.807, 2.05) is 0 Å². The Morgan fingerprint density at radius 1 is 1.26 bits per heavy atom. The van der Waals surface area contributed by atoms with Crippen LogP contribution in [0.25, 0.3) is 0 Å². The molecular formula is C14H17F3N2O3S. The number of alkyl halides is 3. The smallest absolute Gasteiger partial charge is 0.361 e. The first-order chi connectivity index (χ1) is 10.4. The van der Waals surface area contributed by atoms with Gasteiger partial charge in [-0.3, -0.25) is 0 Å². The number of halogens is 3. The van der Waals surface area contributed by atoms with E-state index in [2.05, 4.69) is 5.10 Å². The zero-order chi connectivity index (χ0) is 17.6. The van der Waals surface area contributed by atoms with Crippen molar-refractivity contribution in [2.24, 2.45) is 11.0 Å². The van der Waals surface area contributed by atoms with Crippen molar-refractivity contribution in [3.8, 4) is 0 Å². The first-order valence-electron chi connectivity index (χ1n) is 6.88. The van der Waals surface area contributed by atoms with Crippen LogP contribution in [0.5, 0.6) is 0 Å². The topological polar surface area (TPSA) is 70.0 Å². The maximum Gasteiger partial charge on any atom is 0.439 e. The van der Waals surface area contributed by atoms with Crippen LogP contribution in [-0.4, -0.2) is 35.6 Å². The fourth-order valence-electron chi connectivity index (χ4n) is 2.15. The summed E-state index contributed by atoms with van der Waals surface area (Å²) in [5, 5.41) is 13.6. The number of aliphatic hydroxyl groups is 1. The number of rotatable bonds is 3. The Morgan fingerprint density at radius 3 is 2.22 bits per heavy atom. The van der Waals surface area contributed by atoms with Crippen molar-refractivity contribution >= 4 is 15.7 Å². The number of benzene rings is 1. The minimum Gasteiger partial charge on any atom is -0.361 e. The summed E-state index contributed by atoms with van der Waals surface area (Å²) in [7, 11) is -4.64. The summed E-state index contributed by atoms with van der Waals surface area (Å²) in [5.41, 5.74) is -2.85. The lowest BCUT2D eigenvalue weighted by atomic mass is 10.00. The van der Waals surface area contributed by atoms with Crippen LogP contribution in [0.1, 0.15) is 25.8 Å². The average molecular weight is 350 g/mol. The van der Waals surface area contributed by atoms with Crippen molar-refractivity contribution in [1.82, 2.24) is 4.41 Å². The second-order valence-corrected chi connectivity index (χ2v) is 7.57. The van der Waals surface area contributed by atoms with Crippen LogP contribution < -0.4 is 0 Å². The van der Waals surface area contributed by atoms with E-state index in [9.17, 15) is 26.7 Å². The Balaban J connectivity index is 2.58. The highest BCUT2D eigenvalue weighted by Gasteiger charge is 2.65. The van der Waals surface area contributed by atoms with Crippen molar-refractivity contribution in [2.75, 3.05) is 0 Å². The summed E-state index contributed by atoms with van der Waals surface area (Å²) in [4.78, 5) is -0.362. The van der Waals surface area contributed by atoms with Crippen LogP contribution in [0.2, 0.25) is 0 Å². The molecule has 0 fully saturated rings. The molecule has 0 saturated carbocycles. The number of sulfonamides is 1. The summed E-state index contributed by atoms with van der Waals surface area (Å²) in [5.74, 6) is -0.429. The van der Waals surface area contributed by atoms with Crippen LogP contribution >= 0.6 is 0 Å². The predicted molar refractivity (Wildman–Crippen MR) is 78.1 cm³/mol. The minimum absolute atomic E-state index is 0.0273. The summed E-state index contributed by atoms with van der Waals surface area (Å²) in [6, 6.07) is 5.29. The summed E-state index contributed by atoms with van der Waals surface area (Å²) >= 11 is 0. The normalized spacial score (nSPS) is 22.6. The summed E-state index contributed by atoms with van der Waals surface area (Å²) in [6.07, 6.45) is -6.08. The van der Waals surface area contributed by atoms with Crippen LogP contribution in [-0.2, 0) is 10.0 Å². The quantitative estimate of drug-likeness (QED) is 0.911. The van der Waals surface area contributed by atoms with Crippen molar-refractivity contribution in [3.05, 3.63) is 29.8 Å². The van der Waals surface area contributed by atoms with E-state index >= 15 is 0 Å². The molecule has 0 spiro atoms.